The molecule has 4 heteroatoms. The summed E-state index contributed by atoms with van der Waals surface area (Å²) in [6.45, 7) is 3.10. The summed E-state index contributed by atoms with van der Waals surface area (Å²) in [5.74, 6) is 1.55. The van der Waals surface area contributed by atoms with Crippen LogP contribution < -0.4 is 11.1 Å². The highest BCUT2D eigenvalue weighted by atomic mass is 35.5. The minimum absolute atomic E-state index is 0. The first-order valence-corrected chi connectivity index (χ1v) is 7.18. The van der Waals surface area contributed by atoms with Gasteiger partial charge in [0.25, 0.3) is 0 Å². The highest BCUT2D eigenvalue weighted by Crippen LogP contribution is 2.49. The number of nitrogens with one attached hydrogen (secondary N) is 1. The number of hydrogen-bond donors (Lipinski definition) is 2. The molecule has 0 aromatic heterocycles. The fraction of sp³-hybridized carbons (Fsp3) is 0.929. The molecule has 0 spiro atoms. The van der Waals surface area contributed by atoms with Crippen molar-refractivity contribution in [2.24, 2.45) is 28.9 Å². The molecule has 3 aliphatic carbocycles. The van der Waals surface area contributed by atoms with E-state index in [1.165, 1.54) is 38.5 Å². The van der Waals surface area contributed by atoms with E-state index in [9.17, 15) is 4.79 Å². The Morgan fingerprint density at radius 2 is 2.00 bits per heavy atom. The molecule has 3 aliphatic rings. The molecular formula is C14H25ClN2O. The van der Waals surface area contributed by atoms with Gasteiger partial charge in [0.1, 0.15) is 0 Å². The third kappa shape index (κ3) is 2.27. The van der Waals surface area contributed by atoms with E-state index in [1.54, 1.807) is 0 Å². The second kappa shape index (κ2) is 5.01. The number of halogens is 1. The molecule has 18 heavy (non-hydrogen) atoms. The van der Waals surface area contributed by atoms with Crippen molar-refractivity contribution in [2.45, 2.75) is 51.5 Å². The van der Waals surface area contributed by atoms with Crippen LogP contribution in [0.5, 0.6) is 0 Å². The SMILES string of the molecule is CCC1(CNC(=O)C2C3CCC(C3)C2N)CC1.Cl. The molecule has 0 aromatic rings. The van der Waals surface area contributed by atoms with Crippen molar-refractivity contribution < 1.29 is 4.79 Å². The van der Waals surface area contributed by atoms with Crippen LogP contribution in [-0.2, 0) is 4.79 Å². The number of fused-ring (bicyclic) bond motifs is 2. The van der Waals surface area contributed by atoms with E-state index >= 15 is 0 Å². The fourth-order valence-electron chi connectivity index (χ4n) is 3.95. The van der Waals surface area contributed by atoms with E-state index in [0.717, 1.165) is 6.54 Å². The number of amides is 1. The summed E-state index contributed by atoms with van der Waals surface area (Å²) >= 11 is 0. The Labute approximate surface area is 116 Å². The molecular weight excluding hydrogens is 248 g/mol. The lowest BCUT2D eigenvalue weighted by atomic mass is 9.84. The first-order valence-electron chi connectivity index (χ1n) is 7.18. The second-order valence-electron chi connectivity index (χ2n) is 6.51. The lowest BCUT2D eigenvalue weighted by Gasteiger charge is -2.27. The average molecular weight is 273 g/mol. The van der Waals surface area contributed by atoms with Gasteiger partial charge >= 0.3 is 0 Å². The van der Waals surface area contributed by atoms with Crippen LogP contribution >= 0.6 is 12.4 Å². The molecule has 3 saturated carbocycles. The first kappa shape index (κ1) is 14.1. The molecule has 4 atom stereocenters. The molecule has 0 heterocycles. The van der Waals surface area contributed by atoms with Gasteiger partial charge in [-0.3, -0.25) is 4.79 Å². The Bertz CT molecular complexity index is 328. The maximum Gasteiger partial charge on any atom is 0.224 e. The Balaban J connectivity index is 0.00000120. The molecule has 0 aliphatic heterocycles. The predicted octanol–water partition coefficient (Wildman–Crippen LogP) is 2.09. The summed E-state index contributed by atoms with van der Waals surface area (Å²) in [7, 11) is 0. The highest BCUT2D eigenvalue weighted by molar-refractivity contribution is 5.85. The van der Waals surface area contributed by atoms with E-state index in [0.29, 0.717) is 17.3 Å². The minimum Gasteiger partial charge on any atom is -0.355 e. The molecule has 104 valence electrons. The topological polar surface area (TPSA) is 55.1 Å². The molecule has 3 N–H and O–H groups in total. The second-order valence-corrected chi connectivity index (χ2v) is 6.51. The zero-order chi connectivity index (χ0) is 12.0. The van der Waals surface area contributed by atoms with Gasteiger partial charge < -0.3 is 11.1 Å². The number of hydrogen-bond acceptors (Lipinski definition) is 2. The van der Waals surface area contributed by atoms with Gasteiger partial charge in [-0.15, -0.1) is 12.4 Å². The number of carbonyl (C=O) groups excluding carboxylic acids is 1. The zero-order valence-corrected chi connectivity index (χ0v) is 12.0. The quantitative estimate of drug-likeness (QED) is 0.823. The number of rotatable bonds is 4. The van der Waals surface area contributed by atoms with Gasteiger partial charge in [-0.25, -0.2) is 0 Å². The Hall–Kier alpha value is -0.280. The van der Waals surface area contributed by atoms with Crippen LogP contribution in [0.15, 0.2) is 0 Å². The third-order valence-corrected chi connectivity index (χ3v) is 5.63. The Morgan fingerprint density at radius 1 is 1.33 bits per heavy atom. The summed E-state index contributed by atoms with van der Waals surface area (Å²) in [4.78, 5) is 12.2. The van der Waals surface area contributed by atoms with E-state index in [-0.39, 0.29) is 30.3 Å². The summed E-state index contributed by atoms with van der Waals surface area (Å²) in [6, 6.07) is 0.130. The minimum atomic E-state index is 0. The normalized spacial score (nSPS) is 39.2. The molecule has 4 unspecified atom stereocenters. The fourth-order valence-corrected chi connectivity index (χ4v) is 3.95. The molecule has 0 saturated heterocycles. The van der Waals surface area contributed by atoms with E-state index in [2.05, 4.69) is 12.2 Å². The van der Waals surface area contributed by atoms with E-state index in [1.807, 2.05) is 0 Å². The molecule has 3 fully saturated rings. The van der Waals surface area contributed by atoms with Gasteiger partial charge in [-0.2, -0.15) is 0 Å². The van der Waals surface area contributed by atoms with Gasteiger partial charge in [0, 0.05) is 12.6 Å². The predicted molar refractivity (Wildman–Crippen MR) is 74.5 cm³/mol. The number of nitrogens with two attached hydrogens (primary N) is 1. The lowest BCUT2D eigenvalue weighted by molar-refractivity contribution is -0.127. The van der Waals surface area contributed by atoms with Crippen molar-refractivity contribution in [3.8, 4) is 0 Å². The Kier molecular flexibility index (Phi) is 3.93. The van der Waals surface area contributed by atoms with Crippen molar-refractivity contribution in [1.82, 2.24) is 5.32 Å². The maximum absolute atomic E-state index is 12.2. The van der Waals surface area contributed by atoms with Gasteiger partial charge in [-0.05, 0) is 55.8 Å². The van der Waals surface area contributed by atoms with Crippen molar-refractivity contribution in [3.63, 3.8) is 0 Å². The molecule has 0 aromatic carbocycles. The van der Waals surface area contributed by atoms with Crippen molar-refractivity contribution in [3.05, 3.63) is 0 Å². The maximum atomic E-state index is 12.2. The molecule has 0 radical (unpaired) electrons. The lowest BCUT2D eigenvalue weighted by Crippen LogP contribution is -2.46. The van der Waals surface area contributed by atoms with Crippen LogP contribution in [-0.4, -0.2) is 18.5 Å². The largest absolute Gasteiger partial charge is 0.355 e. The van der Waals surface area contributed by atoms with E-state index in [4.69, 9.17) is 5.73 Å². The molecule has 3 nitrogen and oxygen atoms in total. The van der Waals surface area contributed by atoms with Crippen LogP contribution in [0, 0.1) is 23.2 Å². The van der Waals surface area contributed by atoms with Crippen molar-refractivity contribution >= 4 is 18.3 Å². The summed E-state index contributed by atoms with van der Waals surface area (Å²) in [5, 5.41) is 3.17. The van der Waals surface area contributed by atoms with Gasteiger partial charge in [0.05, 0.1) is 5.92 Å². The number of carbonyl (C=O) groups is 1. The van der Waals surface area contributed by atoms with Gasteiger partial charge in [-0.1, -0.05) is 6.92 Å². The smallest absolute Gasteiger partial charge is 0.224 e. The average Bonchev–Trinajstić information content (AvgIpc) is 2.85. The van der Waals surface area contributed by atoms with Crippen LogP contribution in [0.2, 0.25) is 0 Å². The summed E-state index contributed by atoms with van der Waals surface area (Å²) in [5.41, 5.74) is 6.63. The van der Waals surface area contributed by atoms with Crippen LogP contribution in [0.3, 0.4) is 0 Å². The van der Waals surface area contributed by atoms with Crippen LogP contribution in [0.4, 0.5) is 0 Å². The molecule has 1 amide bonds. The van der Waals surface area contributed by atoms with Crippen molar-refractivity contribution in [2.75, 3.05) is 6.54 Å². The van der Waals surface area contributed by atoms with Crippen LogP contribution in [0.1, 0.15) is 45.4 Å². The summed E-state index contributed by atoms with van der Waals surface area (Å²) < 4.78 is 0. The third-order valence-electron chi connectivity index (χ3n) is 5.63. The highest BCUT2D eigenvalue weighted by Gasteiger charge is 2.49. The monoisotopic (exact) mass is 272 g/mol. The molecule has 3 rings (SSSR count). The van der Waals surface area contributed by atoms with E-state index < -0.39 is 0 Å². The first-order chi connectivity index (χ1) is 8.15. The molecule has 2 bridgehead atoms. The standard InChI is InChI=1S/C14H24N2O.ClH/c1-2-14(5-6-14)8-16-13(17)11-9-3-4-10(7-9)12(11)15;/h9-12H,2-8,15H2,1H3,(H,16,17);1H. The van der Waals surface area contributed by atoms with Gasteiger partial charge in [0.15, 0.2) is 0 Å². The van der Waals surface area contributed by atoms with Crippen LogP contribution in [0.25, 0.3) is 0 Å². The Morgan fingerprint density at radius 3 is 2.50 bits per heavy atom. The summed E-state index contributed by atoms with van der Waals surface area (Å²) in [6.07, 6.45) is 7.41. The van der Waals surface area contributed by atoms with Gasteiger partial charge in [0.2, 0.25) is 5.91 Å². The van der Waals surface area contributed by atoms with Crippen molar-refractivity contribution in [1.29, 1.82) is 0 Å². The zero-order valence-electron chi connectivity index (χ0n) is 11.2.